The standard InChI is InChI=1S/C19H16ClFN4O3S2/c20-12-3-7-14(8-4-12)22-17(26)19-24-23-18(29-19)16-2-1-11-25(16)30(27,28)15-9-5-13(21)6-10-15/h3-10,16H,1-2,11H2,(H,22,26)/t16-/m0/s1. The highest BCUT2D eigenvalue weighted by atomic mass is 35.5. The van der Waals surface area contributed by atoms with Crippen LogP contribution in [0, 0.1) is 5.82 Å². The van der Waals surface area contributed by atoms with Crippen molar-refractivity contribution in [3.63, 3.8) is 0 Å². The van der Waals surface area contributed by atoms with Gasteiger partial charge in [0, 0.05) is 17.3 Å². The molecule has 0 radical (unpaired) electrons. The van der Waals surface area contributed by atoms with Crippen LogP contribution in [-0.2, 0) is 10.0 Å². The van der Waals surface area contributed by atoms with Crippen LogP contribution in [0.25, 0.3) is 0 Å². The van der Waals surface area contributed by atoms with Crippen molar-refractivity contribution in [1.29, 1.82) is 0 Å². The van der Waals surface area contributed by atoms with E-state index >= 15 is 0 Å². The summed E-state index contributed by atoms with van der Waals surface area (Å²) >= 11 is 6.89. The molecule has 1 atom stereocenters. The number of amides is 1. The van der Waals surface area contributed by atoms with Crippen molar-refractivity contribution in [2.24, 2.45) is 0 Å². The maximum absolute atomic E-state index is 13.2. The molecule has 2 aromatic carbocycles. The molecular formula is C19H16ClFN4O3S2. The molecule has 1 N–H and O–H groups in total. The molecule has 7 nitrogen and oxygen atoms in total. The van der Waals surface area contributed by atoms with Gasteiger partial charge in [-0.1, -0.05) is 22.9 Å². The summed E-state index contributed by atoms with van der Waals surface area (Å²) in [6.07, 6.45) is 1.21. The van der Waals surface area contributed by atoms with Crippen LogP contribution < -0.4 is 5.32 Å². The monoisotopic (exact) mass is 466 g/mol. The smallest absolute Gasteiger partial charge is 0.286 e. The second-order valence-electron chi connectivity index (χ2n) is 6.63. The van der Waals surface area contributed by atoms with Gasteiger partial charge >= 0.3 is 0 Å². The predicted octanol–water partition coefficient (Wildman–Crippen LogP) is 4.11. The van der Waals surface area contributed by atoms with Crippen molar-refractivity contribution in [3.8, 4) is 0 Å². The summed E-state index contributed by atoms with van der Waals surface area (Å²) in [4.78, 5) is 12.5. The normalized spacial score (nSPS) is 17.2. The molecule has 4 rings (SSSR count). The number of benzene rings is 2. The molecule has 156 valence electrons. The molecule has 0 spiro atoms. The Balaban J connectivity index is 1.54. The average Bonchev–Trinajstić information content (AvgIpc) is 3.40. The molecule has 3 aromatic rings. The summed E-state index contributed by atoms with van der Waals surface area (Å²) in [6.45, 7) is 0.316. The Kier molecular flexibility index (Phi) is 5.83. The summed E-state index contributed by atoms with van der Waals surface area (Å²) in [7, 11) is -3.82. The van der Waals surface area contributed by atoms with Crippen molar-refractivity contribution < 1.29 is 17.6 Å². The maximum Gasteiger partial charge on any atom is 0.286 e. The highest BCUT2D eigenvalue weighted by Gasteiger charge is 2.38. The summed E-state index contributed by atoms with van der Waals surface area (Å²) in [5.74, 6) is -0.945. The van der Waals surface area contributed by atoms with Gasteiger partial charge in [0.2, 0.25) is 15.0 Å². The van der Waals surface area contributed by atoms with Gasteiger partial charge in [0.25, 0.3) is 5.91 Å². The highest BCUT2D eigenvalue weighted by molar-refractivity contribution is 7.89. The van der Waals surface area contributed by atoms with E-state index in [1.165, 1.54) is 16.4 Å². The van der Waals surface area contributed by atoms with E-state index in [2.05, 4.69) is 15.5 Å². The minimum Gasteiger partial charge on any atom is -0.320 e. The van der Waals surface area contributed by atoms with Gasteiger partial charge in [-0.2, -0.15) is 4.31 Å². The van der Waals surface area contributed by atoms with Crippen LogP contribution >= 0.6 is 22.9 Å². The Morgan fingerprint density at radius 2 is 1.83 bits per heavy atom. The molecule has 0 aliphatic carbocycles. The van der Waals surface area contributed by atoms with Crippen LogP contribution in [0.5, 0.6) is 0 Å². The van der Waals surface area contributed by atoms with Crippen LogP contribution in [0.2, 0.25) is 5.02 Å². The van der Waals surface area contributed by atoms with E-state index in [0.29, 0.717) is 35.1 Å². The van der Waals surface area contributed by atoms with Gasteiger partial charge in [0.05, 0.1) is 10.9 Å². The fourth-order valence-electron chi connectivity index (χ4n) is 3.20. The highest BCUT2D eigenvalue weighted by Crippen LogP contribution is 2.37. The minimum atomic E-state index is -3.82. The lowest BCUT2D eigenvalue weighted by molar-refractivity contribution is 0.102. The number of halogens is 2. The number of hydrogen-bond acceptors (Lipinski definition) is 6. The number of carbonyl (C=O) groups is 1. The predicted molar refractivity (Wildman–Crippen MR) is 112 cm³/mol. The number of anilines is 1. The molecule has 1 aliphatic rings. The fraction of sp³-hybridized carbons (Fsp3) is 0.211. The Morgan fingerprint density at radius 1 is 1.13 bits per heavy atom. The first kappa shape index (κ1) is 20.9. The first-order valence-electron chi connectivity index (χ1n) is 9.02. The van der Waals surface area contributed by atoms with Gasteiger partial charge in [-0.25, -0.2) is 12.8 Å². The van der Waals surface area contributed by atoms with Gasteiger partial charge < -0.3 is 5.32 Å². The Labute approximate surface area is 181 Å². The zero-order valence-electron chi connectivity index (χ0n) is 15.5. The van der Waals surface area contributed by atoms with E-state index in [-0.39, 0.29) is 9.90 Å². The second-order valence-corrected chi connectivity index (χ2v) is 9.97. The number of rotatable bonds is 5. The number of hydrogen-bond donors (Lipinski definition) is 1. The molecule has 0 unspecified atom stereocenters. The molecule has 2 heterocycles. The van der Waals surface area contributed by atoms with E-state index in [4.69, 9.17) is 11.6 Å². The Bertz CT molecular complexity index is 1170. The Morgan fingerprint density at radius 3 is 2.53 bits per heavy atom. The van der Waals surface area contributed by atoms with E-state index in [1.807, 2.05) is 0 Å². The van der Waals surface area contributed by atoms with Crippen molar-refractivity contribution in [2.75, 3.05) is 11.9 Å². The van der Waals surface area contributed by atoms with Gasteiger partial charge in [0.1, 0.15) is 10.8 Å². The first-order valence-corrected chi connectivity index (χ1v) is 11.7. The third kappa shape index (κ3) is 4.22. The van der Waals surface area contributed by atoms with E-state index in [9.17, 15) is 17.6 Å². The number of carbonyl (C=O) groups excluding carboxylic acids is 1. The van der Waals surface area contributed by atoms with Crippen LogP contribution in [0.3, 0.4) is 0 Å². The number of aromatic nitrogens is 2. The van der Waals surface area contributed by atoms with Crippen molar-refractivity contribution in [2.45, 2.75) is 23.8 Å². The SMILES string of the molecule is O=C(Nc1ccc(Cl)cc1)c1nnc([C@@H]2CCCN2S(=O)(=O)c2ccc(F)cc2)s1. The minimum absolute atomic E-state index is 0.0148. The third-order valence-corrected chi connectivity index (χ3v) is 7.84. The van der Waals surface area contributed by atoms with E-state index < -0.39 is 27.8 Å². The maximum atomic E-state index is 13.2. The van der Waals surface area contributed by atoms with Gasteiger partial charge in [0.15, 0.2) is 0 Å². The molecule has 1 aliphatic heterocycles. The molecule has 11 heteroatoms. The molecule has 1 amide bonds. The first-order chi connectivity index (χ1) is 14.3. The van der Waals surface area contributed by atoms with Crippen LogP contribution in [-0.4, -0.2) is 35.4 Å². The fourth-order valence-corrected chi connectivity index (χ4v) is 5.93. The summed E-state index contributed by atoms with van der Waals surface area (Å²) in [6, 6.07) is 10.8. The number of sulfonamides is 1. The zero-order valence-corrected chi connectivity index (χ0v) is 17.8. The second kappa shape index (κ2) is 8.38. The van der Waals surface area contributed by atoms with Crippen LogP contribution in [0.1, 0.15) is 33.7 Å². The average molecular weight is 467 g/mol. The lowest BCUT2D eigenvalue weighted by Crippen LogP contribution is -2.30. The molecule has 0 bridgehead atoms. The summed E-state index contributed by atoms with van der Waals surface area (Å²) in [5.41, 5.74) is 0.558. The van der Waals surface area contributed by atoms with Crippen LogP contribution in [0.15, 0.2) is 53.4 Å². The summed E-state index contributed by atoms with van der Waals surface area (Å²) < 4.78 is 40.5. The zero-order chi connectivity index (χ0) is 21.3. The van der Waals surface area contributed by atoms with Crippen LogP contribution in [0.4, 0.5) is 10.1 Å². The molecule has 0 saturated carbocycles. The van der Waals surface area contributed by atoms with E-state index in [0.717, 1.165) is 23.5 Å². The molecular weight excluding hydrogens is 451 g/mol. The van der Waals surface area contributed by atoms with Gasteiger partial charge in [-0.05, 0) is 61.4 Å². The van der Waals surface area contributed by atoms with Gasteiger partial charge in [-0.15, -0.1) is 10.2 Å². The topological polar surface area (TPSA) is 92.3 Å². The molecule has 1 fully saturated rings. The molecule has 1 aromatic heterocycles. The lowest BCUT2D eigenvalue weighted by atomic mass is 10.2. The quantitative estimate of drug-likeness (QED) is 0.611. The molecule has 30 heavy (non-hydrogen) atoms. The van der Waals surface area contributed by atoms with Gasteiger partial charge in [-0.3, -0.25) is 4.79 Å². The van der Waals surface area contributed by atoms with Crippen molar-refractivity contribution >= 4 is 44.6 Å². The summed E-state index contributed by atoms with van der Waals surface area (Å²) in [5, 5.41) is 11.8. The van der Waals surface area contributed by atoms with Crippen molar-refractivity contribution in [1.82, 2.24) is 14.5 Å². The van der Waals surface area contributed by atoms with E-state index in [1.54, 1.807) is 24.3 Å². The molecule has 1 saturated heterocycles. The Hall–Kier alpha value is -2.40. The lowest BCUT2D eigenvalue weighted by Gasteiger charge is -2.22. The largest absolute Gasteiger partial charge is 0.320 e. The number of nitrogens with one attached hydrogen (secondary N) is 1. The number of nitrogens with zero attached hydrogens (tertiary/aromatic N) is 3. The van der Waals surface area contributed by atoms with Crippen molar-refractivity contribution in [3.05, 3.63) is 69.4 Å². The third-order valence-electron chi connectivity index (χ3n) is 4.65.